The number of benzene rings is 2. The van der Waals surface area contributed by atoms with Crippen LogP contribution in [0, 0.1) is 0 Å². The van der Waals surface area contributed by atoms with Gasteiger partial charge < -0.3 is 0 Å². The second-order valence-electron chi connectivity index (χ2n) is 6.66. The number of allylic oxidation sites excluding steroid dienone is 2. The van der Waals surface area contributed by atoms with Gasteiger partial charge in [-0.1, -0.05) is 72.8 Å². The van der Waals surface area contributed by atoms with Crippen LogP contribution in [0.1, 0.15) is 25.0 Å². The molecule has 0 bridgehead atoms. The number of thiol groups is 2. The molecule has 0 aromatic heterocycles. The van der Waals surface area contributed by atoms with Crippen molar-refractivity contribution in [2.75, 3.05) is 23.0 Å². The Morgan fingerprint density at radius 2 is 0.935 bits per heavy atom. The molecule has 31 heavy (non-hydrogen) atoms. The van der Waals surface area contributed by atoms with Crippen LogP contribution in [0.15, 0.2) is 86.0 Å². The molecule has 2 unspecified atom stereocenters. The largest absolute Gasteiger partial charge is 0.174 e. The van der Waals surface area contributed by atoms with E-state index in [1.54, 1.807) is 12.2 Å². The molecule has 0 aliphatic heterocycles. The van der Waals surface area contributed by atoms with Crippen LogP contribution in [-0.2, 0) is 11.5 Å². The van der Waals surface area contributed by atoms with Gasteiger partial charge in [0, 0.05) is 45.0 Å². The van der Waals surface area contributed by atoms with E-state index >= 15 is 0 Å². The minimum Gasteiger partial charge on any atom is -0.174 e. The lowest BCUT2D eigenvalue weighted by molar-refractivity contribution is 1.12. The van der Waals surface area contributed by atoms with Crippen LogP contribution >= 0.6 is 60.5 Å². The van der Waals surface area contributed by atoms with Gasteiger partial charge in [-0.15, -0.1) is 13.2 Å². The minimum absolute atomic E-state index is 0.455. The van der Waals surface area contributed by atoms with Gasteiger partial charge in [0.25, 0.3) is 0 Å². The van der Waals surface area contributed by atoms with Crippen LogP contribution in [0.5, 0.6) is 0 Å². The van der Waals surface area contributed by atoms with Gasteiger partial charge in [-0.05, 0) is 25.0 Å². The number of rotatable bonds is 12. The Morgan fingerprint density at radius 3 is 1.26 bits per heavy atom. The highest BCUT2D eigenvalue weighted by molar-refractivity contribution is 8.02. The molecule has 5 heteroatoms. The summed E-state index contributed by atoms with van der Waals surface area (Å²) >= 11 is 15.4. The van der Waals surface area contributed by atoms with Gasteiger partial charge in [0.1, 0.15) is 0 Å². The quantitative estimate of drug-likeness (QED) is 0.217. The van der Waals surface area contributed by atoms with Gasteiger partial charge in [0.2, 0.25) is 0 Å². The first-order chi connectivity index (χ1) is 15.1. The predicted octanol–water partition coefficient (Wildman–Crippen LogP) is 8.57. The van der Waals surface area contributed by atoms with E-state index in [9.17, 15) is 0 Å². The van der Waals surface area contributed by atoms with Crippen molar-refractivity contribution in [1.29, 1.82) is 0 Å². The third-order valence-corrected chi connectivity index (χ3v) is 8.81. The normalized spacial score (nSPS) is 11.7. The lowest BCUT2D eigenvalue weighted by Gasteiger charge is -2.13. The number of hydrogen-bond donors (Lipinski definition) is 2. The summed E-state index contributed by atoms with van der Waals surface area (Å²) in [4.78, 5) is 0. The van der Waals surface area contributed by atoms with E-state index in [1.165, 1.54) is 11.1 Å². The first-order valence-electron chi connectivity index (χ1n) is 10.4. The fourth-order valence-electron chi connectivity index (χ4n) is 2.21. The van der Waals surface area contributed by atoms with Crippen molar-refractivity contribution in [1.82, 2.24) is 0 Å². The standard InChI is InChI=1S/C20H26S5.2C3H6/c21-19(13-23-11-17-7-3-1-4-8-17)15-25-16-20(22)14-24-12-18-9-5-2-6-10-18;2*1-3-2/h1-10,19-22H,11-16H2;2*3H,1H2,2H3. The lowest BCUT2D eigenvalue weighted by Crippen LogP contribution is -2.11. The molecule has 0 heterocycles. The van der Waals surface area contributed by atoms with Gasteiger partial charge in [0.05, 0.1) is 0 Å². The third kappa shape index (κ3) is 20.0. The summed E-state index contributed by atoms with van der Waals surface area (Å²) in [5.74, 6) is 6.56. The summed E-state index contributed by atoms with van der Waals surface area (Å²) in [6, 6.07) is 21.3. The van der Waals surface area contributed by atoms with Gasteiger partial charge in [-0.3, -0.25) is 0 Å². The molecule has 0 saturated heterocycles. The summed E-state index contributed by atoms with van der Waals surface area (Å²) < 4.78 is 0. The monoisotopic (exact) mass is 510 g/mol. The molecule has 172 valence electrons. The maximum atomic E-state index is 4.73. The molecule has 0 aliphatic carbocycles. The van der Waals surface area contributed by atoms with Gasteiger partial charge in [-0.25, -0.2) is 0 Å². The van der Waals surface area contributed by atoms with Crippen molar-refractivity contribution in [2.45, 2.75) is 35.9 Å². The van der Waals surface area contributed by atoms with Crippen molar-refractivity contribution in [3.8, 4) is 0 Å². The summed E-state index contributed by atoms with van der Waals surface area (Å²) in [5.41, 5.74) is 2.79. The fourth-order valence-corrected chi connectivity index (χ4v) is 6.56. The van der Waals surface area contributed by atoms with Crippen molar-refractivity contribution in [3.05, 3.63) is 97.1 Å². The lowest BCUT2D eigenvalue weighted by atomic mass is 10.2. The average molecular weight is 511 g/mol. The first-order valence-corrected chi connectivity index (χ1v) is 14.9. The molecule has 0 saturated carbocycles. The molecule has 0 fully saturated rings. The van der Waals surface area contributed by atoms with E-state index in [0.29, 0.717) is 10.5 Å². The summed E-state index contributed by atoms with van der Waals surface area (Å²) in [6.07, 6.45) is 3.50. The highest BCUT2D eigenvalue weighted by atomic mass is 32.2. The topological polar surface area (TPSA) is 0 Å². The Balaban J connectivity index is 0.00000134. The van der Waals surface area contributed by atoms with E-state index in [0.717, 1.165) is 34.5 Å². The van der Waals surface area contributed by atoms with Crippen molar-refractivity contribution < 1.29 is 0 Å². The molecule has 2 aromatic carbocycles. The Bertz CT molecular complexity index is 588. The molecule has 0 radical (unpaired) electrons. The Morgan fingerprint density at radius 1 is 0.645 bits per heavy atom. The molecule has 0 N–H and O–H groups in total. The van der Waals surface area contributed by atoms with Crippen LogP contribution in [0.25, 0.3) is 0 Å². The molecular formula is C26H38S5. The zero-order valence-corrected chi connectivity index (χ0v) is 23.1. The highest BCUT2D eigenvalue weighted by Crippen LogP contribution is 2.21. The van der Waals surface area contributed by atoms with Crippen LogP contribution in [-0.4, -0.2) is 33.5 Å². The second-order valence-corrected chi connectivity index (χ2v) is 11.3. The molecule has 2 atom stereocenters. The number of thioether (sulfide) groups is 3. The Kier molecular flexibility index (Phi) is 22.6. The second kappa shape index (κ2) is 22.8. The molecule has 0 aliphatic rings. The molecule has 2 rings (SSSR count). The predicted molar refractivity (Wildman–Crippen MR) is 160 cm³/mol. The summed E-state index contributed by atoms with van der Waals surface area (Å²) in [6.45, 7) is 10.5. The molecule has 0 spiro atoms. The van der Waals surface area contributed by atoms with E-state index in [2.05, 4.69) is 73.8 Å². The fraction of sp³-hybridized carbons (Fsp3) is 0.385. The Hall–Kier alpha value is -0.330. The highest BCUT2D eigenvalue weighted by Gasteiger charge is 2.08. The number of hydrogen-bond acceptors (Lipinski definition) is 5. The first kappa shape index (κ1) is 30.7. The Labute approximate surface area is 215 Å². The molecule has 2 aromatic rings. The van der Waals surface area contributed by atoms with Crippen molar-refractivity contribution in [2.24, 2.45) is 0 Å². The van der Waals surface area contributed by atoms with Crippen molar-refractivity contribution in [3.63, 3.8) is 0 Å². The van der Waals surface area contributed by atoms with Crippen LogP contribution in [0.4, 0.5) is 0 Å². The molecule has 0 amide bonds. The summed E-state index contributed by atoms with van der Waals surface area (Å²) in [7, 11) is 0. The van der Waals surface area contributed by atoms with Gasteiger partial charge >= 0.3 is 0 Å². The summed E-state index contributed by atoms with van der Waals surface area (Å²) in [5, 5.41) is 0.910. The van der Waals surface area contributed by atoms with E-state index in [1.807, 2.05) is 49.1 Å². The SMILES string of the molecule is C=CC.C=CC.SC(CSCc1ccccc1)CSCC(S)CSCc1ccccc1. The van der Waals surface area contributed by atoms with Crippen LogP contribution in [0.2, 0.25) is 0 Å². The van der Waals surface area contributed by atoms with Gasteiger partial charge in [-0.2, -0.15) is 60.5 Å². The smallest absolute Gasteiger partial charge is 0.0198 e. The third-order valence-electron chi connectivity index (χ3n) is 3.46. The molecule has 0 nitrogen and oxygen atoms in total. The maximum Gasteiger partial charge on any atom is 0.0198 e. The van der Waals surface area contributed by atoms with E-state index in [4.69, 9.17) is 25.3 Å². The zero-order chi connectivity index (χ0) is 23.2. The van der Waals surface area contributed by atoms with E-state index in [-0.39, 0.29) is 0 Å². The van der Waals surface area contributed by atoms with Crippen LogP contribution < -0.4 is 0 Å². The van der Waals surface area contributed by atoms with Crippen molar-refractivity contribution >= 4 is 60.5 Å². The maximum absolute atomic E-state index is 4.73. The van der Waals surface area contributed by atoms with Crippen LogP contribution in [0.3, 0.4) is 0 Å². The molecular weight excluding hydrogens is 473 g/mol. The van der Waals surface area contributed by atoms with Gasteiger partial charge in [0.15, 0.2) is 0 Å². The van der Waals surface area contributed by atoms with E-state index < -0.39 is 0 Å². The average Bonchev–Trinajstić information content (AvgIpc) is 2.76. The zero-order valence-electron chi connectivity index (χ0n) is 18.9. The minimum atomic E-state index is 0.455.